The van der Waals surface area contributed by atoms with Crippen LogP contribution in [-0.2, 0) is 10.2 Å². The molecule has 0 amide bonds. The molecule has 2 saturated carbocycles. The smallest absolute Gasteiger partial charge is 0.136 e. The van der Waals surface area contributed by atoms with Gasteiger partial charge < -0.3 is 0 Å². The zero-order valence-electron chi connectivity index (χ0n) is 8.91. The third-order valence-corrected chi connectivity index (χ3v) is 4.33. The fourth-order valence-corrected chi connectivity index (χ4v) is 3.42. The first kappa shape index (κ1) is 9.14. The predicted molar refractivity (Wildman–Crippen MR) is 59.7 cm³/mol. The van der Waals surface area contributed by atoms with E-state index in [0.29, 0.717) is 11.7 Å². The van der Waals surface area contributed by atoms with Gasteiger partial charge in [-0.1, -0.05) is 30.3 Å². The molecular weight excluding hydrogens is 184 g/mol. The Morgan fingerprint density at radius 1 is 1.13 bits per heavy atom. The number of hydrogen-bond donors (Lipinski definition) is 0. The van der Waals surface area contributed by atoms with E-state index in [0.717, 1.165) is 19.3 Å². The number of rotatable bonds is 1. The van der Waals surface area contributed by atoms with Crippen molar-refractivity contribution in [2.75, 3.05) is 0 Å². The largest absolute Gasteiger partial charge is 0.299 e. The van der Waals surface area contributed by atoms with Crippen molar-refractivity contribution in [3.05, 3.63) is 35.9 Å². The summed E-state index contributed by atoms with van der Waals surface area (Å²) in [4.78, 5) is 11.8. The first-order valence-electron chi connectivity index (χ1n) is 5.91. The summed E-state index contributed by atoms with van der Waals surface area (Å²) in [6.07, 6.45) is 5.46. The summed E-state index contributed by atoms with van der Waals surface area (Å²) in [5.74, 6) is 0.852. The highest BCUT2D eigenvalue weighted by Crippen LogP contribution is 2.55. The van der Waals surface area contributed by atoms with E-state index < -0.39 is 0 Å². The molecule has 15 heavy (non-hydrogen) atoms. The van der Waals surface area contributed by atoms with Crippen molar-refractivity contribution in [2.45, 2.75) is 37.5 Å². The van der Waals surface area contributed by atoms with Gasteiger partial charge in [0, 0.05) is 17.8 Å². The van der Waals surface area contributed by atoms with Crippen LogP contribution in [0.1, 0.15) is 37.7 Å². The molecule has 0 aromatic heterocycles. The lowest BCUT2D eigenvalue weighted by molar-refractivity contribution is -0.133. The molecule has 1 heteroatoms. The van der Waals surface area contributed by atoms with Gasteiger partial charge in [-0.25, -0.2) is 0 Å². The fraction of sp³-hybridized carbons (Fsp3) is 0.500. The maximum Gasteiger partial charge on any atom is 0.136 e. The lowest BCUT2D eigenvalue weighted by Gasteiger charge is -2.52. The minimum atomic E-state index is 0.233. The van der Waals surface area contributed by atoms with Gasteiger partial charge in [-0.2, -0.15) is 0 Å². The van der Waals surface area contributed by atoms with Gasteiger partial charge in [0.15, 0.2) is 0 Å². The van der Waals surface area contributed by atoms with Gasteiger partial charge >= 0.3 is 0 Å². The molecule has 0 saturated heterocycles. The Labute approximate surface area is 90.5 Å². The van der Waals surface area contributed by atoms with Crippen LogP contribution in [0.2, 0.25) is 0 Å². The SMILES string of the molecule is O=C1CCC[C@@]2(c3ccccc3)CC[C@@H]12. The third-order valence-electron chi connectivity index (χ3n) is 4.33. The molecule has 0 heterocycles. The maximum atomic E-state index is 11.8. The lowest BCUT2D eigenvalue weighted by Crippen LogP contribution is -2.51. The summed E-state index contributed by atoms with van der Waals surface area (Å²) in [7, 11) is 0. The average Bonchev–Trinajstić information content (AvgIpc) is 2.22. The molecular formula is C14H16O. The normalized spacial score (nSPS) is 34.4. The first-order valence-corrected chi connectivity index (χ1v) is 5.91. The van der Waals surface area contributed by atoms with Crippen molar-refractivity contribution in [3.8, 4) is 0 Å². The van der Waals surface area contributed by atoms with Crippen LogP contribution in [0.15, 0.2) is 30.3 Å². The minimum absolute atomic E-state index is 0.233. The average molecular weight is 200 g/mol. The zero-order chi connectivity index (χ0) is 10.3. The number of carbonyl (C=O) groups is 1. The van der Waals surface area contributed by atoms with Gasteiger partial charge in [0.2, 0.25) is 0 Å². The van der Waals surface area contributed by atoms with Crippen LogP contribution in [0.3, 0.4) is 0 Å². The quantitative estimate of drug-likeness (QED) is 0.680. The van der Waals surface area contributed by atoms with Gasteiger partial charge in [0.1, 0.15) is 5.78 Å². The monoisotopic (exact) mass is 200 g/mol. The molecule has 0 bridgehead atoms. The number of ketones is 1. The van der Waals surface area contributed by atoms with E-state index in [1.807, 2.05) is 0 Å². The fourth-order valence-electron chi connectivity index (χ4n) is 3.42. The highest BCUT2D eigenvalue weighted by molar-refractivity contribution is 5.85. The summed E-state index contributed by atoms with van der Waals surface area (Å²) in [6.45, 7) is 0. The summed E-state index contributed by atoms with van der Waals surface area (Å²) < 4.78 is 0. The predicted octanol–water partition coefficient (Wildman–Crippen LogP) is 3.09. The Balaban J connectivity index is 2.00. The van der Waals surface area contributed by atoms with Crippen LogP contribution in [0.5, 0.6) is 0 Å². The van der Waals surface area contributed by atoms with Gasteiger partial charge in [-0.15, -0.1) is 0 Å². The topological polar surface area (TPSA) is 17.1 Å². The Morgan fingerprint density at radius 3 is 2.60 bits per heavy atom. The summed E-state index contributed by atoms with van der Waals surface area (Å²) >= 11 is 0. The van der Waals surface area contributed by atoms with Crippen LogP contribution >= 0.6 is 0 Å². The zero-order valence-corrected chi connectivity index (χ0v) is 8.91. The molecule has 2 fully saturated rings. The number of benzene rings is 1. The van der Waals surface area contributed by atoms with E-state index >= 15 is 0 Å². The van der Waals surface area contributed by atoms with Crippen LogP contribution in [0.25, 0.3) is 0 Å². The van der Waals surface area contributed by atoms with E-state index in [1.165, 1.54) is 18.4 Å². The molecule has 0 spiro atoms. The molecule has 0 radical (unpaired) electrons. The third kappa shape index (κ3) is 1.19. The summed E-state index contributed by atoms with van der Waals surface area (Å²) in [6, 6.07) is 10.6. The van der Waals surface area contributed by atoms with E-state index in [4.69, 9.17) is 0 Å². The molecule has 78 valence electrons. The molecule has 0 unspecified atom stereocenters. The minimum Gasteiger partial charge on any atom is -0.299 e. The second-order valence-corrected chi connectivity index (χ2v) is 4.93. The van der Waals surface area contributed by atoms with E-state index in [9.17, 15) is 4.79 Å². The summed E-state index contributed by atoms with van der Waals surface area (Å²) in [5.41, 5.74) is 1.63. The maximum absolute atomic E-state index is 11.8. The van der Waals surface area contributed by atoms with Crippen molar-refractivity contribution in [1.82, 2.24) is 0 Å². The molecule has 1 aromatic rings. The first-order chi connectivity index (χ1) is 7.33. The molecule has 2 aliphatic rings. The number of carbonyl (C=O) groups excluding carboxylic acids is 1. The highest BCUT2D eigenvalue weighted by Gasteiger charge is 2.52. The van der Waals surface area contributed by atoms with E-state index in [-0.39, 0.29) is 5.41 Å². The molecule has 3 rings (SSSR count). The molecule has 2 atom stereocenters. The van der Waals surface area contributed by atoms with Crippen LogP contribution in [0, 0.1) is 5.92 Å². The number of Topliss-reactive ketones (excluding diaryl/α,β-unsaturated/α-hetero) is 1. The molecule has 2 aliphatic carbocycles. The molecule has 1 nitrogen and oxygen atoms in total. The summed E-state index contributed by atoms with van der Waals surface area (Å²) in [5, 5.41) is 0. The highest BCUT2D eigenvalue weighted by atomic mass is 16.1. The lowest BCUT2D eigenvalue weighted by atomic mass is 9.51. The van der Waals surface area contributed by atoms with E-state index in [2.05, 4.69) is 30.3 Å². The molecule has 0 N–H and O–H groups in total. The van der Waals surface area contributed by atoms with E-state index in [1.54, 1.807) is 0 Å². The van der Waals surface area contributed by atoms with Crippen LogP contribution < -0.4 is 0 Å². The van der Waals surface area contributed by atoms with Gasteiger partial charge in [-0.3, -0.25) is 4.79 Å². The van der Waals surface area contributed by atoms with Crippen molar-refractivity contribution < 1.29 is 4.79 Å². The number of fused-ring (bicyclic) bond motifs is 1. The Hall–Kier alpha value is -1.11. The van der Waals surface area contributed by atoms with Gasteiger partial charge in [0.25, 0.3) is 0 Å². The van der Waals surface area contributed by atoms with Crippen LogP contribution in [0.4, 0.5) is 0 Å². The van der Waals surface area contributed by atoms with Gasteiger partial charge in [0.05, 0.1) is 0 Å². The standard InChI is InChI=1S/C14H16O/c15-13-7-4-9-14(10-8-12(13)14)11-5-2-1-3-6-11/h1-3,5-6,12H,4,7-10H2/t12-,14-/m0/s1. The second-order valence-electron chi connectivity index (χ2n) is 4.93. The van der Waals surface area contributed by atoms with Crippen LogP contribution in [-0.4, -0.2) is 5.78 Å². The van der Waals surface area contributed by atoms with Crippen molar-refractivity contribution in [2.24, 2.45) is 5.92 Å². The molecule has 0 aliphatic heterocycles. The van der Waals surface area contributed by atoms with Gasteiger partial charge in [-0.05, 0) is 31.2 Å². The Kier molecular flexibility index (Phi) is 1.95. The Morgan fingerprint density at radius 2 is 1.93 bits per heavy atom. The number of hydrogen-bond acceptors (Lipinski definition) is 1. The van der Waals surface area contributed by atoms with Crippen molar-refractivity contribution >= 4 is 5.78 Å². The van der Waals surface area contributed by atoms with Crippen molar-refractivity contribution in [3.63, 3.8) is 0 Å². The molecule has 1 aromatic carbocycles. The van der Waals surface area contributed by atoms with Crippen molar-refractivity contribution in [1.29, 1.82) is 0 Å². The Bertz CT molecular complexity index is 382. The second kappa shape index (κ2) is 3.19.